The van der Waals surface area contributed by atoms with Crippen LogP contribution in [0.5, 0.6) is 0 Å². The molecule has 0 aliphatic heterocycles. The molecule has 1 fully saturated rings. The summed E-state index contributed by atoms with van der Waals surface area (Å²) in [5, 5.41) is 4.26. The van der Waals surface area contributed by atoms with Crippen LogP contribution in [0.25, 0.3) is 0 Å². The van der Waals surface area contributed by atoms with E-state index in [1.54, 1.807) is 0 Å². The number of carbonyl (C=O) groups is 1. The summed E-state index contributed by atoms with van der Waals surface area (Å²) in [5.74, 6) is 0.412. The molecule has 0 heterocycles. The fourth-order valence-electron chi connectivity index (χ4n) is 2.82. The monoisotopic (exact) mass is 306 g/mol. The highest BCUT2D eigenvalue weighted by atomic mass is 16.2. The van der Waals surface area contributed by atoms with Crippen molar-refractivity contribution in [2.75, 3.05) is 0 Å². The Labute approximate surface area is 137 Å². The van der Waals surface area contributed by atoms with Gasteiger partial charge in [-0.25, -0.2) is 5.43 Å². The van der Waals surface area contributed by atoms with E-state index >= 15 is 0 Å². The van der Waals surface area contributed by atoms with Crippen molar-refractivity contribution >= 4 is 11.6 Å². The number of hydrazone groups is 1. The van der Waals surface area contributed by atoms with Crippen LogP contribution < -0.4 is 5.43 Å². The smallest absolute Gasteiger partial charge is 0.243 e. The van der Waals surface area contributed by atoms with Crippen LogP contribution in [0.4, 0.5) is 0 Å². The van der Waals surface area contributed by atoms with Gasteiger partial charge in [-0.1, -0.05) is 61.5 Å². The number of nitrogens with one attached hydrogen (secondary N) is 1. The standard InChI is InChI=1S/C20H22N2O/c1-3-15-9-11-16(12-10-15)14(2)21-22-20(23)19-13-18(19)17-7-5-4-6-8-17/h4-12,18-19H,3,13H2,1-2H3,(H,22,23)/b21-14+/t18-,19+/m0/s1. The zero-order chi connectivity index (χ0) is 16.2. The van der Waals surface area contributed by atoms with Crippen LogP contribution in [-0.2, 0) is 11.2 Å². The summed E-state index contributed by atoms with van der Waals surface area (Å²) in [6, 6.07) is 18.5. The Kier molecular flexibility index (Phi) is 4.56. The Hall–Kier alpha value is -2.42. The van der Waals surface area contributed by atoms with Crippen molar-refractivity contribution in [2.24, 2.45) is 11.0 Å². The Balaban J connectivity index is 1.58. The molecule has 3 rings (SSSR count). The van der Waals surface area contributed by atoms with E-state index in [0.29, 0.717) is 5.92 Å². The van der Waals surface area contributed by atoms with E-state index in [9.17, 15) is 4.79 Å². The van der Waals surface area contributed by atoms with Gasteiger partial charge in [0.15, 0.2) is 0 Å². The molecule has 0 radical (unpaired) electrons. The van der Waals surface area contributed by atoms with Crippen LogP contribution >= 0.6 is 0 Å². The van der Waals surface area contributed by atoms with Crippen molar-refractivity contribution in [3.63, 3.8) is 0 Å². The maximum Gasteiger partial charge on any atom is 0.243 e. The summed E-state index contributed by atoms with van der Waals surface area (Å²) >= 11 is 0. The predicted octanol–water partition coefficient (Wildman–Crippen LogP) is 3.89. The summed E-state index contributed by atoms with van der Waals surface area (Å²) in [5.41, 5.74) is 7.13. The molecule has 0 saturated heterocycles. The van der Waals surface area contributed by atoms with Crippen LogP contribution in [0, 0.1) is 5.92 Å². The van der Waals surface area contributed by atoms with E-state index < -0.39 is 0 Å². The van der Waals surface area contributed by atoms with Gasteiger partial charge in [0.1, 0.15) is 0 Å². The molecule has 1 aliphatic rings. The first kappa shape index (κ1) is 15.5. The lowest BCUT2D eigenvalue weighted by Gasteiger charge is -2.04. The number of hydrogen-bond donors (Lipinski definition) is 1. The molecular weight excluding hydrogens is 284 g/mol. The van der Waals surface area contributed by atoms with Crippen molar-refractivity contribution in [3.05, 3.63) is 71.3 Å². The van der Waals surface area contributed by atoms with Gasteiger partial charge in [0.2, 0.25) is 5.91 Å². The van der Waals surface area contributed by atoms with Crippen LogP contribution in [-0.4, -0.2) is 11.6 Å². The first-order valence-electron chi connectivity index (χ1n) is 8.17. The van der Waals surface area contributed by atoms with E-state index in [0.717, 1.165) is 24.1 Å². The van der Waals surface area contributed by atoms with E-state index in [1.807, 2.05) is 37.3 Å². The Morgan fingerprint density at radius 2 is 1.83 bits per heavy atom. The Morgan fingerprint density at radius 1 is 1.13 bits per heavy atom. The third kappa shape index (κ3) is 3.67. The van der Waals surface area contributed by atoms with E-state index in [2.05, 4.69) is 41.7 Å². The van der Waals surface area contributed by atoms with Crippen molar-refractivity contribution in [3.8, 4) is 0 Å². The van der Waals surface area contributed by atoms with Gasteiger partial charge in [-0.15, -0.1) is 0 Å². The van der Waals surface area contributed by atoms with Crippen molar-refractivity contribution in [2.45, 2.75) is 32.6 Å². The lowest BCUT2D eigenvalue weighted by Crippen LogP contribution is -2.21. The quantitative estimate of drug-likeness (QED) is 0.661. The second kappa shape index (κ2) is 6.78. The minimum Gasteiger partial charge on any atom is -0.273 e. The number of carbonyl (C=O) groups excluding carboxylic acids is 1. The van der Waals surface area contributed by atoms with Gasteiger partial charge < -0.3 is 0 Å². The summed E-state index contributed by atoms with van der Waals surface area (Å²) < 4.78 is 0. The summed E-state index contributed by atoms with van der Waals surface area (Å²) in [6.45, 7) is 4.05. The first-order chi connectivity index (χ1) is 11.2. The predicted molar refractivity (Wildman–Crippen MR) is 93.5 cm³/mol. The SMILES string of the molecule is CCc1ccc(/C(C)=N/NC(=O)[C@@H]2C[C@H]2c2ccccc2)cc1. The molecule has 0 spiro atoms. The van der Waals surface area contributed by atoms with Gasteiger partial charge in [-0.05, 0) is 42.4 Å². The van der Waals surface area contributed by atoms with Crippen LogP contribution in [0.2, 0.25) is 0 Å². The lowest BCUT2D eigenvalue weighted by atomic mass is 10.1. The normalized spacial score (nSPS) is 20.2. The third-order valence-electron chi connectivity index (χ3n) is 4.47. The molecule has 3 heteroatoms. The molecule has 0 unspecified atom stereocenters. The highest BCUT2D eigenvalue weighted by molar-refractivity contribution is 5.99. The van der Waals surface area contributed by atoms with Crippen molar-refractivity contribution < 1.29 is 4.79 Å². The number of benzene rings is 2. The van der Waals surface area contributed by atoms with Crippen LogP contribution in [0.15, 0.2) is 59.7 Å². The topological polar surface area (TPSA) is 41.5 Å². The van der Waals surface area contributed by atoms with Gasteiger partial charge in [0.05, 0.1) is 5.71 Å². The fourth-order valence-corrected chi connectivity index (χ4v) is 2.82. The molecule has 1 saturated carbocycles. The molecule has 2 aromatic carbocycles. The highest BCUT2D eigenvalue weighted by Gasteiger charge is 2.43. The molecule has 3 nitrogen and oxygen atoms in total. The second-order valence-electron chi connectivity index (χ2n) is 6.08. The van der Waals surface area contributed by atoms with Gasteiger partial charge in [0, 0.05) is 5.92 Å². The van der Waals surface area contributed by atoms with E-state index in [1.165, 1.54) is 11.1 Å². The van der Waals surface area contributed by atoms with Gasteiger partial charge in [-0.3, -0.25) is 4.79 Å². The molecule has 1 amide bonds. The zero-order valence-corrected chi connectivity index (χ0v) is 13.6. The third-order valence-corrected chi connectivity index (χ3v) is 4.47. The lowest BCUT2D eigenvalue weighted by molar-refractivity contribution is -0.122. The number of rotatable bonds is 5. The second-order valence-corrected chi connectivity index (χ2v) is 6.08. The van der Waals surface area contributed by atoms with Crippen molar-refractivity contribution in [1.29, 1.82) is 0 Å². The molecule has 118 valence electrons. The highest BCUT2D eigenvalue weighted by Crippen LogP contribution is 2.47. The average Bonchev–Trinajstić information content (AvgIpc) is 3.41. The Morgan fingerprint density at radius 3 is 2.48 bits per heavy atom. The van der Waals surface area contributed by atoms with Gasteiger partial charge in [-0.2, -0.15) is 5.10 Å². The minimum atomic E-state index is 0.0170. The molecule has 2 aromatic rings. The molecule has 0 aromatic heterocycles. The van der Waals surface area contributed by atoms with Gasteiger partial charge in [0.25, 0.3) is 0 Å². The summed E-state index contributed by atoms with van der Waals surface area (Å²) in [6.07, 6.45) is 1.94. The maximum absolute atomic E-state index is 12.2. The van der Waals surface area contributed by atoms with Crippen molar-refractivity contribution in [1.82, 2.24) is 5.43 Å². The summed E-state index contributed by atoms with van der Waals surface area (Å²) in [4.78, 5) is 12.2. The molecular formula is C20H22N2O. The number of nitrogens with zero attached hydrogens (tertiary/aromatic N) is 1. The van der Waals surface area contributed by atoms with E-state index in [4.69, 9.17) is 0 Å². The average molecular weight is 306 g/mol. The minimum absolute atomic E-state index is 0.0170. The number of amides is 1. The zero-order valence-electron chi connectivity index (χ0n) is 13.6. The molecule has 2 atom stereocenters. The maximum atomic E-state index is 12.2. The molecule has 1 aliphatic carbocycles. The van der Waals surface area contributed by atoms with Crippen LogP contribution in [0.1, 0.15) is 42.9 Å². The fraction of sp³-hybridized carbons (Fsp3) is 0.300. The molecule has 1 N–H and O–H groups in total. The largest absolute Gasteiger partial charge is 0.273 e. The van der Waals surface area contributed by atoms with Gasteiger partial charge >= 0.3 is 0 Å². The number of aryl methyl sites for hydroxylation is 1. The molecule has 0 bridgehead atoms. The summed E-state index contributed by atoms with van der Waals surface area (Å²) in [7, 11) is 0. The number of hydrogen-bond acceptors (Lipinski definition) is 2. The van der Waals surface area contributed by atoms with E-state index in [-0.39, 0.29) is 11.8 Å². The van der Waals surface area contributed by atoms with Crippen LogP contribution in [0.3, 0.4) is 0 Å². The Bertz CT molecular complexity index is 704. The molecule has 23 heavy (non-hydrogen) atoms. The first-order valence-corrected chi connectivity index (χ1v) is 8.17.